The van der Waals surface area contributed by atoms with Crippen molar-refractivity contribution in [2.75, 3.05) is 0 Å². The number of hydrogen-bond donors (Lipinski definition) is 0. The van der Waals surface area contributed by atoms with Crippen LogP contribution in [0, 0.1) is 29.1 Å². The van der Waals surface area contributed by atoms with E-state index < -0.39 is 0 Å². The fourth-order valence-corrected chi connectivity index (χ4v) is 6.17. The van der Waals surface area contributed by atoms with Crippen LogP contribution in [0.15, 0.2) is 0 Å². The molecule has 3 aliphatic carbocycles. The second-order valence-corrected chi connectivity index (χ2v) is 7.37. The number of fused-ring (bicyclic) bond motifs is 3. The lowest BCUT2D eigenvalue weighted by Gasteiger charge is -2.40. The van der Waals surface area contributed by atoms with Gasteiger partial charge in [-0.2, -0.15) is 0 Å². The maximum Gasteiger partial charge on any atom is -0.0264 e. The minimum atomic E-state index is 0.727. The Morgan fingerprint density at radius 1 is 0.824 bits per heavy atom. The lowest BCUT2D eigenvalue weighted by atomic mass is 9.64. The number of rotatable bonds is 2. The molecule has 0 heteroatoms. The Labute approximate surface area is 108 Å². The van der Waals surface area contributed by atoms with Crippen LogP contribution < -0.4 is 0 Å². The molecule has 0 aromatic carbocycles. The minimum absolute atomic E-state index is 0.727. The van der Waals surface area contributed by atoms with Crippen molar-refractivity contribution in [1.29, 1.82) is 0 Å². The molecule has 0 bridgehead atoms. The first-order valence-corrected chi connectivity index (χ1v) is 8.27. The minimum Gasteiger partial charge on any atom is -0.0654 e. The van der Waals surface area contributed by atoms with Crippen LogP contribution in [-0.2, 0) is 0 Å². The van der Waals surface area contributed by atoms with E-state index in [2.05, 4.69) is 13.8 Å². The van der Waals surface area contributed by atoms with Crippen LogP contribution >= 0.6 is 0 Å². The molecule has 3 aliphatic rings. The molecule has 0 spiro atoms. The average molecular weight is 234 g/mol. The number of hydrogen-bond acceptors (Lipinski definition) is 0. The summed E-state index contributed by atoms with van der Waals surface area (Å²) in [6.45, 7) is 5.08. The summed E-state index contributed by atoms with van der Waals surface area (Å²) in [4.78, 5) is 0. The summed E-state index contributed by atoms with van der Waals surface area (Å²) in [5, 5.41) is 0. The fourth-order valence-electron chi connectivity index (χ4n) is 6.17. The maximum atomic E-state index is 2.68. The second kappa shape index (κ2) is 4.59. The molecule has 3 rings (SSSR count). The van der Waals surface area contributed by atoms with Crippen molar-refractivity contribution in [1.82, 2.24) is 0 Å². The van der Waals surface area contributed by atoms with Gasteiger partial charge in [-0.1, -0.05) is 46.0 Å². The largest absolute Gasteiger partial charge is 0.0654 e. The Morgan fingerprint density at radius 2 is 1.29 bits per heavy atom. The van der Waals surface area contributed by atoms with Crippen molar-refractivity contribution in [3.63, 3.8) is 0 Å². The second-order valence-electron chi connectivity index (χ2n) is 7.37. The molecule has 0 nitrogen and oxygen atoms in total. The maximum absolute atomic E-state index is 2.68. The van der Waals surface area contributed by atoms with Crippen molar-refractivity contribution in [2.45, 2.75) is 78.1 Å². The van der Waals surface area contributed by atoms with E-state index in [0.29, 0.717) is 0 Å². The van der Waals surface area contributed by atoms with Gasteiger partial charge in [0.15, 0.2) is 0 Å². The first-order chi connectivity index (χ1) is 8.27. The van der Waals surface area contributed by atoms with E-state index in [1.54, 1.807) is 25.7 Å². The molecule has 0 amide bonds. The molecule has 98 valence electrons. The first kappa shape index (κ1) is 12.1. The van der Waals surface area contributed by atoms with Crippen LogP contribution in [0.25, 0.3) is 0 Å². The SMILES string of the molecule is CCCC1(C)C2CCCCC2C2CCCCC21. The van der Waals surface area contributed by atoms with Crippen molar-refractivity contribution >= 4 is 0 Å². The normalized spacial score (nSPS) is 49.8. The zero-order chi connectivity index (χ0) is 11.9. The monoisotopic (exact) mass is 234 g/mol. The van der Waals surface area contributed by atoms with Gasteiger partial charge in [0.2, 0.25) is 0 Å². The Morgan fingerprint density at radius 3 is 1.76 bits per heavy atom. The third kappa shape index (κ3) is 1.78. The third-order valence-corrected chi connectivity index (χ3v) is 6.67. The molecule has 0 aromatic heterocycles. The summed E-state index contributed by atoms with van der Waals surface area (Å²) in [7, 11) is 0. The van der Waals surface area contributed by atoms with Crippen molar-refractivity contribution < 1.29 is 0 Å². The molecule has 4 unspecified atom stereocenters. The van der Waals surface area contributed by atoms with Crippen LogP contribution in [0.3, 0.4) is 0 Å². The predicted molar refractivity (Wildman–Crippen MR) is 73.9 cm³/mol. The van der Waals surface area contributed by atoms with E-state index in [0.717, 1.165) is 29.1 Å². The van der Waals surface area contributed by atoms with Gasteiger partial charge in [0.05, 0.1) is 0 Å². The van der Waals surface area contributed by atoms with E-state index in [1.165, 1.54) is 38.5 Å². The van der Waals surface area contributed by atoms with E-state index in [9.17, 15) is 0 Å². The highest BCUT2D eigenvalue weighted by molar-refractivity contribution is 5.05. The summed E-state index contributed by atoms with van der Waals surface area (Å²) in [5.41, 5.74) is 0.727. The standard InChI is InChI=1S/C17H30/c1-3-12-17(2)15-10-6-4-8-13(15)14-9-5-7-11-16(14)17/h13-16H,3-12H2,1-2H3. The molecule has 0 radical (unpaired) electrons. The van der Waals surface area contributed by atoms with Gasteiger partial charge in [0.25, 0.3) is 0 Å². The Balaban J connectivity index is 1.89. The highest BCUT2D eigenvalue weighted by Crippen LogP contribution is 2.64. The van der Waals surface area contributed by atoms with E-state index in [4.69, 9.17) is 0 Å². The van der Waals surface area contributed by atoms with Gasteiger partial charge in [-0.15, -0.1) is 0 Å². The van der Waals surface area contributed by atoms with Gasteiger partial charge in [0.1, 0.15) is 0 Å². The molecule has 0 heterocycles. The lowest BCUT2D eigenvalue weighted by molar-refractivity contribution is 0.0895. The predicted octanol–water partition coefficient (Wildman–Crippen LogP) is 5.42. The van der Waals surface area contributed by atoms with Gasteiger partial charge in [-0.3, -0.25) is 0 Å². The molecule has 0 N–H and O–H groups in total. The molecule has 17 heavy (non-hydrogen) atoms. The van der Waals surface area contributed by atoms with Crippen LogP contribution in [0.4, 0.5) is 0 Å². The lowest BCUT2D eigenvalue weighted by Crippen LogP contribution is -2.32. The van der Waals surface area contributed by atoms with Gasteiger partial charge >= 0.3 is 0 Å². The van der Waals surface area contributed by atoms with Gasteiger partial charge in [0, 0.05) is 0 Å². The summed E-state index contributed by atoms with van der Waals surface area (Å²) in [6.07, 6.45) is 15.3. The van der Waals surface area contributed by atoms with Crippen molar-refractivity contribution in [3.8, 4) is 0 Å². The molecule has 0 aromatic rings. The Bertz CT molecular complexity index is 245. The molecule has 3 fully saturated rings. The van der Waals surface area contributed by atoms with Crippen LogP contribution in [-0.4, -0.2) is 0 Å². The van der Waals surface area contributed by atoms with Crippen LogP contribution in [0.2, 0.25) is 0 Å². The van der Waals surface area contributed by atoms with Crippen molar-refractivity contribution in [2.24, 2.45) is 29.1 Å². The molecular weight excluding hydrogens is 204 g/mol. The molecule has 0 aliphatic heterocycles. The molecular formula is C17H30. The fraction of sp³-hybridized carbons (Fsp3) is 1.00. The topological polar surface area (TPSA) is 0 Å². The third-order valence-electron chi connectivity index (χ3n) is 6.67. The van der Waals surface area contributed by atoms with Gasteiger partial charge < -0.3 is 0 Å². The van der Waals surface area contributed by atoms with Crippen LogP contribution in [0.1, 0.15) is 78.1 Å². The van der Waals surface area contributed by atoms with Gasteiger partial charge in [-0.05, 0) is 61.2 Å². The highest BCUT2D eigenvalue weighted by Gasteiger charge is 2.56. The summed E-state index contributed by atoms with van der Waals surface area (Å²) in [5.74, 6) is 4.46. The smallest absolute Gasteiger partial charge is 0.0264 e. The molecule has 4 atom stereocenters. The van der Waals surface area contributed by atoms with E-state index in [1.807, 2.05) is 0 Å². The molecule has 3 saturated carbocycles. The zero-order valence-corrected chi connectivity index (χ0v) is 11.9. The van der Waals surface area contributed by atoms with Crippen molar-refractivity contribution in [3.05, 3.63) is 0 Å². The Kier molecular flexibility index (Phi) is 3.26. The van der Waals surface area contributed by atoms with E-state index >= 15 is 0 Å². The quantitative estimate of drug-likeness (QED) is 0.598. The van der Waals surface area contributed by atoms with Gasteiger partial charge in [-0.25, -0.2) is 0 Å². The zero-order valence-electron chi connectivity index (χ0n) is 11.9. The van der Waals surface area contributed by atoms with Crippen LogP contribution in [0.5, 0.6) is 0 Å². The molecule has 0 saturated heterocycles. The highest BCUT2D eigenvalue weighted by atomic mass is 14.6. The summed E-state index contributed by atoms with van der Waals surface area (Å²) < 4.78 is 0. The average Bonchev–Trinajstić information content (AvgIpc) is 2.62. The first-order valence-electron chi connectivity index (χ1n) is 8.27. The summed E-state index contributed by atoms with van der Waals surface area (Å²) >= 11 is 0. The van der Waals surface area contributed by atoms with E-state index in [-0.39, 0.29) is 0 Å². The Hall–Kier alpha value is 0. The summed E-state index contributed by atoms with van der Waals surface area (Å²) in [6, 6.07) is 0.